The van der Waals surface area contributed by atoms with Crippen LogP contribution in [0.2, 0.25) is 0 Å². The van der Waals surface area contributed by atoms with Gasteiger partial charge in [0.05, 0.1) is 6.54 Å². The summed E-state index contributed by atoms with van der Waals surface area (Å²) in [6, 6.07) is 0. The highest BCUT2D eigenvalue weighted by atomic mass is 16.3. The van der Waals surface area contributed by atoms with Crippen LogP contribution < -0.4 is 5.73 Å². The molecule has 0 aliphatic carbocycles. The van der Waals surface area contributed by atoms with Crippen LogP contribution in [0.1, 0.15) is 12.8 Å². The topological polar surface area (TPSA) is 66.6 Å². The Balaban J connectivity index is 2.33. The molecule has 0 radical (unpaired) electrons. The molecule has 1 aliphatic rings. The van der Waals surface area contributed by atoms with Crippen LogP contribution in [0.15, 0.2) is 0 Å². The van der Waals surface area contributed by atoms with Crippen LogP contribution in [0, 0.1) is 0 Å². The van der Waals surface area contributed by atoms with Gasteiger partial charge in [0.2, 0.25) is 5.91 Å². The molecule has 1 heterocycles. The number of nitrogens with two attached hydrogens (primary N) is 1. The molecule has 0 bridgehead atoms. The molecule has 0 aromatic carbocycles. The summed E-state index contributed by atoms with van der Waals surface area (Å²) in [5.74, 6) is -0.374. The largest absolute Gasteiger partial charge is 0.378 e. The quantitative estimate of drug-likeness (QED) is 0.516. The smallest absolute Gasteiger partial charge is 0.231 e. The maximum atomic E-state index is 10.4. The van der Waals surface area contributed by atoms with Gasteiger partial charge < -0.3 is 10.8 Å². The van der Waals surface area contributed by atoms with E-state index in [0.717, 1.165) is 19.4 Å². The summed E-state index contributed by atoms with van der Waals surface area (Å²) in [5, 5.41) is 9.16. The van der Waals surface area contributed by atoms with Crippen molar-refractivity contribution >= 4 is 5.91 Å². The number of likely N-dealkylation sites (tertiary alicyclic amines) is 1. The maximum Gasteiger partial charge on any atom is 0.231 e. The van der Waals surface area contributed by atoms with Gasteiger partial charge >= 0.3 is 0 Å². The second-order valence-corrected chi connectivity index (χ2v) is 2.56. The van der Waals surface area contributed by atoms with Gasteiger partial charge in [-0.15, -0.1) is 0 Å². The predicted octanol–water partition coefficient (Wildman–Crippen LogP) is -1.11. The fourth-order valence-electron chi connectivity index (χ4n) is 1.19. The summed E-state index contributed by atoms with van der Waals surface area (Å²) in [6.45, 7) is 0.964. The van der Waals surface area contributed by atoms with Crippen LogP contribution in [0.4, 0.5) is 0 Å². The number of carbonyl (C=O) groups is 1. The lowest BCUT2D eigenvalue weighted by atomic mass is 10.4. The highest BCUT2D eigenvalue weighted by molar-refractivity contribution is 5.75. The molecule has 10 heavy (non-hydrogen) atoms. The third-order valence-corrected chi connectivity index (χ3v) is 1.69. The van der Waals surface area contributed by atoms with E-state index in [2.05, 4.69) is 0 Å². The summed E-state index contributed by atoms with van der Waals surface area (Å²) in [5.41, 5.74) is 4.94. The molecule has 1 unspecified atom stereocenters. The van der Waals surface area contributed by atoms with E-state index in [1.807, 2.05) is 0 Å². The molecule has 1 rings (SSSR count). The number of hydrogen-bond donors (Lipinski definition) is 2. The number of primary amides is 1. The van der Waals surface area contributed by atoms with Crippen LogP contribution in [-0.2, 0) is 4.79 Å². The molecule has 58 valence electrons. The van der Waals surface area contributed by atoms with Crippen molar-refractivity contribution in [3.05, 3.63) is 0 Å². The molecule has 0 saturated carbocycles. The first kappa shape index (κ1) is 7.50. The molecular formula is C6H12N2O2. The number of aliphatic hydroxyl groups excluding tert-OH is 1. The monoisotopic (exact) mass is 144 g/mol. The second kappa shape index (κ2) is 2.98. The Labute approximate surface area is 59.6 Å². The molecule has 3 N–H and O–H groups in total. The fourth-order valence-corrected chi connectivity index (χ4v) is 1.19. The summed E-state index contributed by atoms with van der Waals surface area (Å²) in [7, 11) is 0. The average Bonchev–Trinajstić information content (AvgIpc) is 2.15. The number of amides is 1. The van der Waals surface area contributed by atoms with E-state index in [-0.39, 0.29) is 12.5 Å². The zero-order valence-electron chi connectivity index (χ0n) is 5.79. The number of nitrogens with zero attached hydrogens (tertiary/aromatic N) is 1. The Morgan fingerprint density at radius 3 is 2.90 bits per heavy atom. The molecule has 0 aromatic heterocycles. The average molecular weight is 144 g/mol. The molecule has 1 fully saturated rings. The van der Waals surface area contributed by atoms with Gasteiger partial charge in [-0.3, -0.25) is 9.69 Å². The van der Waals surface area contributed by atoms with Crippen molar-refractivity contribution in [1.29, 1.82) is 0 Å². The lowest BCUT2D eigenvalue weighted by Gasteiger charge is -2.16. The van der Waals surface area contributed by atoms with E-state index in [1.54, 1.807) is 4.90 Å². The molecule has 0 spiro atoms. The summed E-state index contributed by atoms with van der Waals surface area (Å²) in [6.07, 6.45) is 1.26. The first-order valence-electron chi connectivity index (χ1n) is 3.40. The van der Waals surface area contributed by atoms with Gasteiger partial charge in [0.1, 0.15) is 6.23 Å². The van der Waals surface area contributed by atoms with Crippen LogP contribution in [0.3, 0.4) is 0 Å². The van der Waals surface area contributed by atoms with Crippen molar-refractivity contribution in [1.82, 2.24) is 4.90 Å². The van der Waals surface area contributed by atoms with Gasteiger partial charge in [-0.1, -0.05) is 0 Å². The van der Waals surface area contributed by atoms with E-state index in [9.17, 15) is 4.79 Å². The Morgan fingerprint density at radius 2 is 2.50 bits per heavy atom. The van der Waals surface area contributed by atoms with E-state index >= 15 is 0 Å². The molecule has 1 amide bonds. The van der Waals surface area contributed by atoms with Crippen LogP contribution in [0.25, 0.3) is 0 Å². The molecule has 1 aliphatic heterocycles. The van der Waals surface area contributed by atoms with E-state index < -0.39 is 6.23 Å². The van der Waals surface area contributed by atoms with Gasteiger partial charge in [-0.2, -0.15) is 0 Å². The van der Waals surface area contributed by atoms with Gasteiger partial charge in [-0.05, 0) is 12.8 Å². The minimum atomic E-state index is -0.451. The molecule has 0 aromatic rings. The standard InChI is InChI=1S/C6H12N2O2/c7-5(9)4-8-3-1-2-6(8)10/h6,10H,1-4H2,(H2,7,9). The Hall–Kier alpha value is -0.610. The first-order valence-corrected chi connectivity index (χ1v) is 3.40. The second-order valence-electron chi connectivity index (χ2n) is 2.56. The predicted molar refractivity (Wildman–Crippen MR) is 36.0 cm³/mol. The minimum absolute atomic E-state index is 0.182. The lowest BCUT2D eigenvalue weighted by molar-refractivity contribution is -0.121. The first-order chi connectivity index (χ1) is 4.70. The lowest BCUT2D eigenvalue weighted by Crippen LogP contribution is -2.36. The summed E-state index contributed by atoms with van der Waals surface area (Å²) in [4.78, 5) is 12.1. The molecule has 1 saturated heterocycles. The maximum absolute atomic E-state index is 10.4. The van der Waals surface area contributed by atoms with Crippen molar-refractivity contribution in [3.8, 4) is 0 Å². The Kier molecular flexibility index (Phi) is 2.24. The van der Waals surface area contributed by atoms with Crippen molar-refractivity contribution < 1.29 is 9.90 Å². The Morgan fingerprint density at radius 1 is 1.80 bits per heavy atom. The minimum Gasteiger partial charge on any atom is -0.378 e. The van der Waals surface area contributed by atoms with Crippen LogP contribution in [0.5, 0.6) is 0 Å². The fraction of sp³-hybridized carbons (Fsp3) is 0.833. The third kappa shape index (κ3) is 1.68. The SMILES string of the molecule is NC(=O)CN1CCCC1O. The number of hydrogen-bond acceptors (Lipinski definition) is 3. The summed E-state index contributed by atoms with van der Waals surface area (Å²) < 4.78 is 0. The Bertz CT molecular complexity index is 138. The van der Waals surface area contributed by atoms with Crippen LogP contribution >= 0.6 is 0 Å². The zero-order valence-corrected chi connectivity index (χ0v) is 5.79. The van der Waals surface area contributed by atoms with Gasteiger partial charge in [0.25, 0.3) is 0 Å². The normalized spacial score (nSPS) is 27.1. The number of carbonyl (C=O) groups excluding carboxylic acids is 1. The number of rotatable bonds is 2. The van der Waals surface area contributed by atoms with Crippen molar-refractivity contribution in [2.45, 2.75) is 19.1 Å². The zero-order chi connectivity index (χ0) is 7.56. The molecule has 1 atom stereocenters. The van der Waals surface area contributed by atoms with Gasteiger partial charge in [0.15, 0.2) is 0 Å². The van der Waals surface area contributed by atoms with Gasteiger partial charge in [0, 0.05) is 6.54 Å². The van der Waals surface area contributed by atoms with Crippen molar-refractivity contribution in [2.24, 2.45) is 5.73 Å². The van der Waals surface area contributed by atoms with E-state index in [1.165, 1.54) is 0 Å². The molecule has 4 nitrogen and oxygen atoms in total. The highest BCUT2D eigenvalue weighted by Crippen LogP contribution is 2.12. The third-order valence-electron chi connectivity index (χ3n) is 1.69. The summed E-state index contributed by atoms with van der Waals surface area (Å²) >= 11 is 0. The van der Waals surface area contributed by atoms with E-state index in [0.29, 0.717) is 0 Å². The van der Waals surface area contributed by atoms with Crippen LogP contribution in [-0.4, -0.2) is 35.2 Å². The van der Waals surface area contributed by atoms with Crippen molar-refractivity contribution in [2.75, 3.05) is 13.1 Å². The molecular weight excluding hydrogens is 132 g/mol. The van der Waals surface area contributed by atoms with Gasteiger partial charge in [-0.25, -0.2) is 0 Å². The van der Waals surface area contributed by atoms with Crippen molar-refractivity contribution in [3.63, 3.8) is 0 Å². The van der Waals surface area contributed by atoms with E-state index in [4.69, 9.17) is 10.8 Å². The number of aliphatic hydroxyl groups is 1. The molecule has 4 heteroatoms. The highest BCUT2D eigenvalue weighted by Gasteiger charge is 2.22.